The van der Waals surface area contributed by atoms with E-state index in [1.807, 2.05) is 0 Å². The van der Waals surface area contributed by atoms with E-state index in [-0.39, 0.29) is 12.6 Å². The van der Waals surface area contributed by atoms with Crippen LogP contribution in [0.3, 0.4) is 0 Å². The molecule has 1 saturated carbocycles. The topological polar surface area (TPSA) is 61.3 Å². The number of hydrogen-bond acceptors (Lipinski definition) is 5. The number of nitrogens with zero attached hydrogens (tertiary/aromatic N) is 3. The molecule has 0 amide bonds. The molecule has 0 aromatic carbocycles. The highest BCUT2D eigenvalue weighted by Gasteiger charge is 2.29. The van der Waals surface area contributed by atoms with E-state index >= 15 is 0 Å². The third kappa shape index (κ3) is 3.46. The molecule has 116 valence electrons. The van der Waals surface area contributed by atoms with E-state index in [2.05, 4.69) is 28.2 Å². The molecule has 2 aliphatic rings. The van der Waals surface area contributed by atoms with Gasteiger partial charge in [0, 0.05) is 25.1 Å². The molecule has 3 rings (SSSR count). The Morgan fingerprint density at radius 3 is 2.86 bits per heavy atom. The van der Waals surface area contributed by atoms with Crippen LogP contribution in [-0.4, -0.2) is 40.8 Å². The van der Waals surface area contributed by atoms with Crippen molar-refractivity contribution in [2.75, 3.05) is 29.9 Å². The number of aliphatic hydroxyl groups excluding tert-OH is 1. The molecule has 2 N–H and O–H groups in total. The summed E-state index contributed by atoms with van der Waals surface area (Å²) in [6.07, 6.45) is 6.93. The Bertz CT molecular complexity index is 475. The lowest BCUT2D eigenvalue weighted by Crippen LogP contribution is -2.42. The van der Waals surface area contributed by atoms with Gasteiger partial charge < -0.3 is 15.3 Å². The molecule has 1 aliphatic heterocycles. The fourth-order valence-electron chi connectivity index (χ4n) is 2.96. The Morgan fingerprint density at radius 2 is 2.14 bits per heavy atom. The molecular formula is C16H26N4O. The molecule has 0 bridgehead atoms. The van der Waals surface area contributed by atoms with Gasteiger partial charge in [-0.2, -0.15) is 0 Å². The summed E-state index contributed by atoms with van der Waals surface area (Å²) in [4.78, 5) is 11.7. The number of rotatable bonds is 6. The molecule has 5 heteroatoms. The van der Waals surface area contributed by atoms with Gasteiger partial charge >= 0.3 is 0 Å². The molecule has 1 saturated heterocycles. The Morgan fingerprint density at radius 1 is 1.29 bits per heavy atom. The van der Waals surface area contributed by atoms with Gasteiger partial charge in [0.1, 0.15) is 17.5 Å². The van der Waals surface area contributed by atoms with Crippen molar-refractivity contribution in [1.29, 1.82) is 0 Å². The number of nitrogens with one attached hydrogen (secondary N) is 1. The second kappa shape index (κ2) is 6.60. The van der Waals surface area contributed by atoms with E-state index in [1.54, 1.807) is 0 Å². The van der Waals surface area contributed by atoms with Crippen LogP contribution in [0.15, 0.2) is 6.07 Å². The maximum absolute atomic E-state index is 9.62. The predicted octanol–water partition coefficient (Wildman–Crippen LogP) is 2.53. The van der Waals surface area contributed by atoms with Gasteiger partial charge in [-0.15, -0.1) is 0 Å². The summed E-state index contributed by atoms with van der Waals surface area (Å²) in [5.74, 6) is 3.45. The average molecular weight is 290 g/mol. The van der Waals surface area contributed by atoms with Crippen molar-refractivity contribution < 1.29 is 5.11 Å². The molecule has 1 atom stereocenters. The summed E-state index contributed by atoms with van der Waals surface area (Å²) >= 11 is 0. The van der Waals surface area contributed by atoms with Gasteiger partial charge in [-0.1, -0.05) is 6.92 Å². The molecule has 0 radical (unpaired) electrons. The molecule has 1 aliphatic carbocycles. The van der Waals surface area contributed by atoms with Gasteiger partial charge in [0.25, 0.3) is 0 Å². The number of hydrogen-bond donors (Lipinski definition) is 2. The first-order valence-electron chi connectivity index (χ1n) is 8.32. The second-order valence-corrected chi connectivity index (χ2v) is 6.20. The minimum Gasteiger partial charge on any atom is -0.394 e. The van der Waals surface area contributed by atoms with Crippen LogP contribution in [0.5, 0.6) is 0 Å². The molecule has 1 unspecified atom stereocenters. The molecule has 1 aromatic rings. The zero-order valence-electron chi connectivity index (χ0n) is 12.9. The molecule has 21 heavy (non-hydrogen) atoms. The van der Waals surface area contributed by atoms with E-state index in [4.69, 9.17) is 4.98 Å². The van der Waals surface area contributed by atoms with Gasteiger partial charge in [0.15, 0.2) is 0 Å². The first-order valence-corrected chi connectivity index (χ1v) is 8.32. The summed E-state index contributed by atoms with van der Waals surface area (Å²) in [5, 5.41) is 13.0. The van der Waals surface area contributed by atoms with Crippen LogP contribution in [0.1, 0.15) is 57.2 Å². The van der Waals surface area contributed by atoms with Crippen molar-refractivity contribution >= 4 is 11.6 Å². The zero-order valence-corrected chi connectivity index (χ0v) is 12.9. The van der Waals surface area contributed by atoms with Crippen molar-refractivity contribution in [3.05, 3.63) is 11.9 Å². The average Bonchev–Trinajstić information content (AvgIpc) is 3.37. The number of piperidine rings is 1. The quantitative estimate of drug-likeness (QED) is 0.843. The third-order valence-electron chi connectivity index (χ3n) is 4.36. The fraction of sp³-hybridized carbons (Fsp3) is 0.750. The van der Waals surface area contributed by atoms with E-state index in [0.29, 0.717) is 5.92 Å². The van der Waals surface area contributed by atoms with Gasteiger partial charge in [0.2, 0.25) is 0 Å². The molecule has 5 nitrogen and oxygen atoms in total. The molecular weight excluding hydrogens is 264 g/mol. The maximum atomic E-state index is 9.62. The molecule has 2 heterocycles. The van der Waals surface area contributed by atoms with Gasteiger partial charge in [-0.3, -0.25) is 0 Å². The van der Waals surface area contributed by atoms with Gasteiger partial charge in [-0.25, -0.2) is 9.97 Å². The number of anilines is 2. The second-order valence-electron chi connectivity index (χ2n) is 6.20. The van der Waals surface area contributed by atoms with Crippen LogP contribution in [0.25, 0.3) is 0 Å². The highest BCUT2D eigenvalue weighted by molar-refractivity contribution is 5.51. The van der Waals surface area contributed by atoms with Crippen LogP contribution >= 0.6 is 0 Å². The first-order chi connectivity index (χ1) is 10.3. The summed E-state index contributed by atoms with van der Waals surface area (Å²) in [7, 11) is 0. The monoisotopic (exact) mass is 290 g/mol. The van der Waals surface area contributed by atoms with Crippen molar-refractivity contribution in [1.82, 2.24) is 9.97 Å². The van der Waals surface area contributed by atoms with Gasteiger partial charge in [-0.05, 0) is 38.5 Å². The highest BCUT2D eigenvalue weighted by Crippen LogP contribution is 2.39. The van der Waals surface area contributed by atoms with Crippen LogP contribution in [0.4, 0.5) is 11.6 Å². The Kier molecular flexibility index (Phi) is 4.58. The molecule has 0 spiro atoms. The van der Waals surface area contributed by atoms with Crippen LogP contribution < -0.4 is 10.2 Å². The zero-order chi connectivity index (χ0) is 14.7. The lowest BCUT2D eigenvalue weighted by atomic mass is 10.0. The SMILES string of the molecule is CCCNc1cc(N2CCCCC2CO)nc(C2CC2)n1. The fourth-order valence-corrected chi connectivity index (χ4v) is 2.96. The first kappa shape index (κ1) is 14.6. The Labute approximate surface area is 126 Å². The normalized spacial score (nSPS) is 22.4. The number of aromatic nitrogens is 2. The summed E-state index contributed by atoms with van der Waals surface area (Å²) < 4.78 is 0. The van der Waals surface area contributed by atoms with E-state index < -0.39 is 0 Å². The Balaban J connectivity index is 1.86. The molecule has 2 fully saturated rings. The summed E-state index contributed by atoms with van der Waals surface area (Å²) in [5.41, 5.74) is 0. The minimum absolute atomic E-state index is 0.208. The maximum Gasteiger partial charge on any atom is 0.136 e. The van der Waals surface area contributed by atoms with E-state index in [1.165, 1.54) is 25.7 Å². The lowest BCUT2D eigenvalue weighted by molar-refractivity contribution is 0.239. The third-order valence-corrected chi connectivity index (χ3v) is 4.36. The van der Waals surface area contributed by atoms with Crippen molar-refractivity contribution in [3.63, 3.8) is 0 Å². The number of aliphatic hydroxyl groups is 1. The van der Waals surface area contributed by atoms with Gasteiger partial charge in [0.05, 0.1) is 12.6 Å². The summed E-state index contributed by atoms with van der Waals surface area (Å²) in [6, 6.07) is 2.26. The summed E-state index contributed by atoms with van der Waals surface area (Å²) in [6.45, 7) is 4.29. The smallest absolute Gasteiger partial charge is 0.136 e. The van der Waals surface area contributed by atoms with Crippen LogP contribution in [0.2, 0.25) is 0 Å². The van der Waals surface area contributed by atoms with E-state index in [0.717, 1.165) is 43.4 Å². The molecule has 1 aromatic heterocycles. The van der Waals surface area contributed by atoms with Crippen molar-refractivity contribution in [2.24, 2.45) is 0 Å². The Hall–Kier alpha value is -1.36. The van der Waals surface area contributed by atoms with Crippen molar-refractivity contribution in [2.45, 2.75) is 57.4 Å². The predicted molar refractivity (Wildman–Crippen MR) is 84.9 cm³/mol. The van der Waals surface area contributed by atoms with Crippen LogP contribution in [-0.2, 0) is 0 Å². The standard InChI is InChI=1S/C16H26N4O/c1-2-8-17-14-10-15(19-16(18-14)12-6-7-12)20-9-4-3-5-13(20)11-21/h10,12-13,21H,2-9,11H2,1H3,(H,17,18,19). The van der Waals surface area contributed by atoms with Crippen molar-refractivity contribution in [3.8, 4) is 0 Å². The minimum atomic E-state index is 0.208. The van der Waals surface area contributed by atoms with E-state index in [9.17, 15) is 5.11 Å². The largest absolute Gasteiger partial charge is 0.394 e. The lowest BCUT2D eigenvalue weighted by Gasteiger charge is -2.35. The van der Waals surface area contributed by atoms with Crippen LogP contribution in [0, 0.1) is 0 Å². The highest BCUT2D eigenvalue weighted by atomic mass is 16.3.